The van der Waals surface area contributed by atoms with Gasteiger partial charge in [-0.3, -0.25) is 4.90 Å². The fourth-order valence-corrected chi connectivity index (χ4v) is 2.46. The Kier molecular flexibility index (Phi) is 3.80. The van der Waals surface area contributed by atoms with Crippen LogP contribution < -0.4 is 5.73 Å². The third kappa shape index (κ3) is 2.05. The topological polar surface area (TPSA) is 38.5 Å². The molecule has 0 spiro atoms. The van der Waals surface area contributed by atoms with Crippen LogP contribution in [0.25, 0.3) is 0 Å². The number of likely N-dealkylation sites (N-methyl/N-ethyl adjacent to an activating group) is 1. The average Bonchev–Trinajstić information content (AvgIpc) is 2.59. The fourth-order valence-electron chi connectivity index (χ4n) is 2.46. The van der Waals surface area contributed by atoms with Crippen LogP contribution in [0.2, 0.25) is 0 Å². The summed E-state index contributed by atoms with van der Waals surface area (Å²) in [7, 11) is 2.18. The molecule has 2 unspecified atom stereocenters. The molecular weight excluding hydrogens is 188 g/mol. The summed E-state index contributed by atoms with van der Waals surface area (Å²) >= 11 is 0. The molecule has 3 heteroatoms. The Hall–Kier alpha value is -0.120. The molecule has 1 aliphatic rings. The van der Waals surface area contributed by atoms with Gasteiger partial charge < -0.3 is 10.5 Å². The lowest BCUT2D eigenvalue weighted by atomic mass is 9.84. The molecule has 1 rings (SSSR count). The van der Waals surface area contributed by atoms with Gasteiger partial charge in [-0.25, -0.2) is 0 Å². The Morgan fingerprint density at radius 1 is 1.53 bits per heavy atom. The van der Waals surface area contributed by atoms with Crippen LogP contribution >= 0.6 is 0 Å². The predicted octanol–water partition coefficient (Wildman–Crippen LogP) is 1.61. The number of rotatable bonds is 4. The molecule has 1 fully saturated rings. The highest BCUT2D eigenvalue weighted by Crippen LogP contribution is 2.35. The highest BCUT2D eigenvalue weighted by atomic mass is 16.5. The summed E-state index contributed by atoms with van der Waals surface area (Å²) in [5, 5.41) is 0. The van der Waals surface area contributed by atoms with Crippen molar-refractivity contribution in [3.63, 3.8) is 0 Å². The van der Waals surface area contributed by atoms with Gasteiger partial charge in [-0.2, -0.15) is 0 Å². The molecule has 1 saturated heterocycles. The van der Waals surface area contributed by atoms with Crippen molar-refractivity contribution in [3.05, 3.63) is 0 Å². The second-order valence-corrected chi connectivity index (χ2v) is 5.30. The fraction of sp³-hybridized carbons (Fsp3) is 1.00. The molecule has 15 heavy (non-hydrogen) atoms. The summed E-state index contributed by atoms with van der Waals surface area (Å²) < 4.78 is 5.70. The van der Waals surface area contributed by atoms with E-state index in [1.165, 1.54) is 0 Å². The predicted molar refractivity (Wildman–Crippen MR) is 63.9 cm³/mol. The van der Waals surface area contributed by atoms with Gasteiger partial charge in [0.2, 0.25) is 0 Å². The van der Waals surface area contributed by atoms with Gasteiger partial charge in [-0.15, -0.1) is 0 Å². The first-order chi connectivity index (χ1) is 6.90. The first-order valence-corrected chi connectivity index (χ1v) is 5.96. The minimum absolute atomic E-state index is 0.0273. The first kappa shape index (κ1) is 12.9. The van der Waals surface area contributed by atoms with Gasteiger partial charge in [-0.05, 0) is 40.7 Å². The van der Waals surface area contributed by atoms with Crippen molar-refractivity contribution < 1.29 is 4.74 Å². The van der Waals surface area contributed by atoms with E-state index in [4.69, 9.17) is 10.5 Å². The molecule has 0 bridgehead atoms. The Balaban J connectivity index is 2.91. The summed E-state index contributed by atoms with van der Waals surface area (Å²) in [5.41, 5.74) is 6.20. The minimum atomic E-state index is 0.0273. The van der Waals surface area contributed by atoms with Crippen LogP contribution in [-0.2, 0) is 4.74 Å². The van der Waals surface area contributed by atoms with Crippen molar-refractivity contribution >= 4 is 0 Å². The molecule has 1 aliphatic heterocycles. The zero-order valence-corrected chi connectivity index (χ0v) is 10.8. The van der Waals surface area contributed by atoms with E-state index in [0.29, 0.717) is 6.54 Å². The smallest absolute Gasteiger partial charge is 0.0743 e. The number of nitrogens with zero attached hydrogens (tertiary/aromatic N) is 1. The standard InChI is InChI=1S/C12H26N2O/c1-6-11(3,4)14(5)12(9-13)7-8-15-10(12)2/h10H,6-9,13H2,1-5H3. The molecule has 0 aromatic rings. The SMILES string of the molecule is CCC(C)(C)N(C)C1(CN)CCOC1C. The molecular formula is C12H26N2O. The second kappa shape index (κ2) is 4.40. The van der Waals surface area contributed by atoms with Gasteiger partial charge in [-0.1, -0.05) is 6.92 Å². The number of ether oxygens (including phenoxy) is 1. The van der Waals surface area contributed by atoms with Crippen molar-refractivity contribution in [2.75, 3.05) is 20.2 Å². The molecule has 0 aliphatic carbocycles. The zero-order chi connectivity index (χ0) is 11.7. The maximum Gasteiger partial charge on any atom is 0.0743 e. The van der Waals surface area contributed by atoms with Crippen LogP contribution in [-0.4, -0.2) is 42.3 Å². The van der Waals surface area contributed by atoms with Gasteiger partial charge in [0.05, 0.1) is 11.6 Å². The van der Waals surface area contributed by atoms with E-state index >= 15 is 0 Å². The highest BCUT2D eigenvalue weighted by molar-refractivity contribution is 5.03. The summed E-state index contributed by atoms with van der Waals surface area (Å²) in [4.78, 5) is 2.43. The summed E-state index contributed by atoms with van der Waals surface area (Å²) in [6.07, 6.45) is 2.40. The third-order valence-corrected chi connectivity index (χ3v) is 4.45. The van der Waals surface area contributed by atoms with E-state index in [9.17, 15) is 0 Å². The van der Waals surface area contributed by atoms with Gasteiger partial charge in [0, 0.05) is 18.7 Å². The maximum atomic E-state index is 5.99. The molecule has 0 amide bonds. The monoisotopic (exact) mass is 214 g/mol. The average molecular weight is 214 g/mol. The van der Waals surface area contributed by atoms with E-state index in [2.05, 4.69) is 39.6 Å². The largest absolute Gasteiger partial charge is 0.376 e. The lowest BCUT2D eigenvalue weighted by Crippen LogP contribution is -2.62. The van der Waals surface area contributed by atoms with Crippen molar-refractivity contribution in [3.8, 4) is 0 Å². The van der Waals surface area contributed by atoms with Gasteiger partial charge in [0.15, 0.2) is 0 Å². The lowest BCUT2D eigenvalue weighted by Gasteiger charge is -2.49. The molecule has 0 radical (unpaired) electrons. The molecule has 0 saturated carbocycles. The van der Waals surface area contributed by atoms with E-state index in [0.717, 1.165) is 19.4 Å². The van der Waals surface area contributed by atoms with Crippen LogP contribution in [0.4, 0.5) is 0 Å². The summed E-state index contributed by atoms with van der Waals surface area (Å²) in [6.45, 7) is 10.4. The van der Waals surface area contributed by atoms with Crippen molar-refractivity contribution in [2.24, 2.45) is 5.73 Å². The molecule has 3 nitrogen and oxygen atoms in total. The Labute approximate surface area is 94.0 Å². The second-order valence-electron chi connectivity index (χ2n) is 5.30. The molecule has 2 N–H and O–H groups in total. The number of nitrogens with two attached hydrogens (primary N) is 1. The lowest BCUT2D eigenvalue weighted by molar-refractivity contribution is -0.0241. The van der Waals surface area contributed by atoms with Gasteiger partial charge >= 0.3 is 0 Å². The van der Waals surface area contributed by atoms with Crippen LogP contribution in [0.1, 0.15) is 40.5 Å². The van der Waals surface area contributed by atoms with Crippen molar-refractivity contribution in [2.45, 2.75) is 57.7 Å². The minimum Gasteiger partial charge on any atom is -0.376 e. The van der Waals surface area contributed by atoms with E-state index in [1.54, 1.807) is 0 Å². The van der Waals surface area contributed by atoms with E-state index < -0.39 is 0 Å². The molecule has 0 aromatic carbocycles. The maximum absolute atomic E-state index is 5.99. The van der Waals surface area contributed by atoms with Crippen LogP contribution in [0.15, 0.2) is 0 Å². The Morgan fingerprint density at radius 3 is 2.47 bits per heavy atom. The highest BCUT2D eigenvalue weighted by Gasteiger charge is 2.47. The van der Waals surface area contributed by atoms with E-state index in [1.807, 2.05) is 0 Å². The van der Waals surface area contributed by atoms with E-state index in [-0.39, 0.29) is 17.2 Å². The van der Waals surface area contributed by atoms with Gasteiger partial charge in [0.1, 0.15) is 0 Å². The number of hydrogen-bond donors (Lipinski definition) is 1. The summed E-state index contributed by atoms with van der Waals surface area (Å²) in [6, 6.07) is 0. The quantitative estimate of drug-likeness (QED) is 0.773. The van der Waals surface area contributed by atoms with Crippen LogP contribution in [0, 0.1) is 0 Å². The summed E-state index contributed by atoms with van der Waals surface area (Å²) in [5.74, 6) is 0. The molecule has 0 aromatic heterocycles. The number of hydrogen-bond acceptors (Lipinski definition) is 3. The molecule has 90 valence electrons. The van der Waals surface area contributed by atoms with Crippen LogP contribution in [0.5, 0.6) is 0 Å². The van der Waals surface area contributed by atoms with Gasteiger partial charge in [0.25, 0.3) is 0 Å². The Morgan fingerprint density at radius 2 is 2.13 bits per heavy atom. The van der Waals surface area contributed by atoms with Crippen molar-refractivity contribution in [1.29, 1.82) is 0 Å². The van der Waals surface area contributed by atoms with Crippen LogP contribution in [0.3, 0.4) is 0 Å². The zero-order valence-electron chi connectivity index (χ0n) is 10.8. The first-order valence-electron chi connectivity index (χ1n) is 5.96. The normalized spacial score (nSPS) is 32.6. The molecule has 1 heterocycles. The molecule has 2 atom stereocenters. The Bertz CT molecular complexity index is 218. The third-order valence-electron chi connectivity index (χ3n) is 4.45. The van der Waals surface area contributed by atoms with Crippen molar-refractivity contribution in [1.82, 2.24) is 4.90 Å².